The average molecular weight is 168 g/mol. The monoisotopic (exact) mass is 168 g/mol. The van der Waals surface area contributed by atoms with E-state index in [0.29, 0.717) is 0 Å². The number of nitrogens with zero attached hydrogens (tertiary/aromatic N) is 1. The van der Waals surface area contributed by atoms with Crippen LogP contribution in [0.15, 0.2) is 16.9 Å². The van der Waals surface area contributed by atoms with Crippen LogP contribution >= 0.6 is 0 Å². The van der Waals surface area contributed by atoms with Crippen molar-refractivity contribution in [2.75, 3.05) is 0 Å². The van der Waals surface area contributed by atoms with Crippen LogP contribution in [0.2, 0.25) is 0 Å². The summed E-state index contributed by atoms with van der Waals surface area (Å²) in [7, 11) is 0. The minimum atomic E-state index is -0.381. The summed E-state index contributed by atoms with van der Waals surface area (Å²) in [5, 5.41) is 12.5. The van der Waals surface area contributed by atoms with E-state index >= 15 is 0 Å². The third kappa shape index (κ3) is 1.85. The number of allylic oxidation sites excluding steroid dienone is 1. The number of hydrogen-bond donors (Lipinski definition) is 2. The van der Waals surface area contributed by atoms with Gasteiger partial charge in [0.05, 0.1) is 17.8 Å². The molecule has 2 unspecified atom stereocenters. The number of rotatable bonds is 2. The van der Waals surface area contributed by atoms with E-state index in [0.717, 1.165) is 17.8 Å². The van der Waals surface area contributed by atoms with Crippen LogP contribution in [0.1, 0.15) is 27.2 Å². The molecule has 0 radical (unpaired) electrons. The number of hydrogen-bond acceptors (Lipinski definition) is 3. The standard InChI is InChI=1S/C9H16N2O/c1-4-8-9(7(3)12)10-5-6(2)11-8/h5,7,9-10,12H,4H2,1-3H3. The van der Waals surface area contributed by atoms with Crippen LogP contribution in [0.25, 0.3) is 0 Å². The van der Waals surface area contributed by atoms with Crippen molar-refractivity contribution in [2.24, 2.45) is 4.99 Å². The van der Waals surface area contributed by atoms with Crippen molar-refractivity contribution < 1.29 is 5.11 Å². The Labute approximate surface area is 73.2 Å². The van der Waals surface area contributed by atoms with E-state index in [1.165, 1.54) is 0 Å². The minimum absolute atomic E-state index is 0.00120. The molecule has 2 N–H and O–H groups in total. The van der Waals surface area contributed by atoms with E-state index in [2.05, 4.69) is 17.2 Å². The molecule has 0 aromatic rings. The molecule has 68 valence electrons. The highest BCUT2D eigenvalue weighted by Crippen LogP contribution is 2.09. The normalized spacial score (nSPS) is 25.5. The SMILES string of the molecule is CCC1=NC(C)=CNC1C(C)O. The first-order valence-corrected chi connectivity index (χ1v) is 4.33. The lowest BCUT2D eigenvalue weighted by atomic mass is 10.0. The maximum Gasteiger partial charge on any atom is 0.0899 e. The molecule has 1 aliphatic rings. The molecule has 1 aliphatic heterocycles. The van der Waals surface area contributed by atoms with Crippen molar-refractivity contribution in [3.8, 4) is 0 Å². The number of nitrogens with one attached hydrogen (secondary N) is 1. The van der Waals surface area contributed by atoms with E-state index in [-0.39, 0.29) is 12.1 Å². The molecule has 12 heavy (non-hydrogen) atoms. The van der Waals surface area contributed by atoms with Crippen molar-refractivity contribution >= 4 is 5.71 Å². The zero-order chi connectivity index (χ0) is 9.14. The molecule has 0 aromatic carbocycles. The fourth-order valence-electron chi connectivity index (χ4n) is 1.35. The van der Waals surface area contributed by atoms with Crippen LogP contribution in [-0.2, 0) is 0 Å². The second-order valence-electron chi connectivity index (χ2n) is 3.13. The van der Waals surface area contributed by atoms with Crippen molar-refractivity contribution in [1.29, 1.82) is 0 Å². The largest absolute Gasteiger partial charge is 0.391 e. The molecular weight excluding hydrogens is 152 g/mol. The zero-order valence-corrected chi connectivity index (χ0v) is 7.83. The first-order chi connectivity index (χ1) is 5.65. The lowest BCUT2D eigenvalue weighted by Crippen LogP contribution is -2.43. The van der Waals surface area contributed by atoms with E-state index in [9.17, 15) is 5.11 Å². The maximum atomic E-state index is 9.39. The predicted molar refractivity (Wildman–Crippen MR) is 50.1 cm³/mol. The molecule has 0 fully saturated rings. The van der Waals surface area contributed by atoms with Gasteiger partial charge in [-0.3, -0.25) is 4.99 Å². The van der Waals surface area contributed by atoms with Gasteiger partial charge in [0.25, 0.3) is 0 Å². The number of aliphatic hydroxyl groups is 1. The highest BCUT2D eigenvalue weighted by Gasteiger charge is 2.20. The molecular formula is C9H16N2O. The average Bonchev–Trinajstić information content (AvgIpc) is 2.03. The number of aliphatic imine (C=N–C) groups is 1. The van der Waals surface area contributed by atoms with Crippen molar-refractivity contribution in [2.45, 2.75) is 39.3 Å². The van der Waals surface area contributed by atoms with Gasteiger partial charge in [-0.15, -0.1) is 0 Å². The fraction of sp³-hybridized carbons (Fsp3) is 0.667. The lowest BCUT2D eigenvalue weighted by molar-refractivity contribution is 0.175. The molecule has 0 spiro atoms. The van der Waals surface area contributed by atoms with Gasteiger partial charge < -0.3 is 10.4 Å². The van der Waals surface area contributed by atoms with Gasteiger partial charge in [-0.25, -0.2) is 0 Å². The van der Waals surface area contributed by atoms with Gasteiger partial charge in [0.1, 0.15) is 0 Å². The molecule has 0 aliphatic carbocycles. The molecule has 3 nitrogen and oxygen atoms in total. The Hall–Kier alpha value is -0.830. The van der Waals surface area contributed by atoms with Crippen LogP contribution < -0.4 is 5.32 Å². The molecule has 1 rings (SSSR count). The van der Waals surface area contributed by atoms with E-state index in [4.69, 9.17) is 0 Å². The van der Waals surface area contributed by atoms with Crippen LogP contribution in [0, 0.1) is 0 Å². The summed E-state index contributed by atoms with van der Waals surface area (Å²) in [5.41, 5.74) is 2.01. The summed E-state index contributed by atoms with van der Waals surface area (Å²) in [6.45, 7) is 5.77. The summed E-state index contributed by atoms with van der Waals surface area (Å²) < 4.78 is 0. The van der Waals surface area contributed by atoms with Crippen molar-refractivity contribution in [3.05, 3.63) is 11.9 Å². The van der Waals surface area contributed by atoms with E-state index in [1.54, 1.807) is 6.92 Å². The molecule has 2 atom stereocenters. The highest BCUT2D eigenvalue weighted by atomic mass is 16.3. The number of aliphatic hydroxyl groups excluding tert-OH is 1. The molecule has 3 heteroatoms. The van der Waals surface area contributed by atoms with Crippen LogP contribution in [0.4, 0.5) is 0 Å². The molecule has 1 heterocycles. The third-order valence-corrected chi connectivity index (χ3v) is 2.00. The summed E-state index contributed by atoms with van der Waals surface area (Å²) in [6, 6.07) is -0.00120. The Morgan fingerprint density at radius 3 is 2.92 bits per heavy atom. The summed E-state index contributed by atoms with van der Waals surface area (Å²) in [4.78, 5) is 4.36. The summed E-state index contributed by atoms with van der Waals surface area (Å²) in [5.74, 6) is 0. The Balaban J connectivity index is 2.77. The van der Waals surface area contributed by atoms with Crippen LogP contribution in [0.5, 0.6) is 0 Å². The van der Waals surface area contributed by atoms with E-state index in [1.807, 2.05) is 13.1 Å². The van der Waals surface area contributed by atoms with Gasteiger partial charge in [-0.05, 0) is 20.3 Å². The van der Waals surface area contributed by atoms with Gasteiger partial charge in [0.2, 0.25) is 0 Å². The Morgan fingerprint density at radius 2 is 2.42 bits per heavy atom. The first kappa shape index (κ1) is 9.26. The molecule has 0 aromatic heterocycles. The Bertz CT molecular complexity index is 219. The Kier molecular flexibility index (Phi) is 2.87. The fourth-order valence-corrected chi connectivity index (χ4v) is 1.35. The van der Waals surface area contributed by atoms with Crippen molar-refractivity contribution in [3.63, 3.8) is 0 Å². The molecule has 0 saturated heterocycles. The molecule has 0 amide bonds. The highest BCUT2D eigenvalue weighted by molar-refractivity contribution is 5.91. The third-order valence-electron chi connectivity index (χ3n) is 2.00. The second-order valence-corrected chi connectivity index (χ2v) is 3.13. The zero-order valence-electron chi connectivity index (χ0n) is 7.83. The van der Waals surface area contributed by atoms with Gasteiger partial charge >= 0.3 is 0 Å². The molecule has 0 bridgehead atoms. The predicted octanol–water partition coefficient (Wildman–Crippen LogP) is 1.05. The van der Waals surface area contributed by atoms with Gasteiger partial charge in [-0.1, -0.05) is 6.92 Å². The second kappa shape index (κ2) is 3.72. The van der Waals surface area contributed by atoms with Crippen LogP contribution in [0.3, 0.4) is 0 Å². The molecule has 0 saturated carbocycles. The lowest BCUT2D eigenvalue weighted by Gasteiger charge is -2.25. The first-order valence-electron chi connectivity index (χ1n) is 4.33. The topological polar surface area (TPSA) is 44.6 Å². The van der Waals surface area contributed by atoms with Gasteiger partial charge in [0, 0.05) is 11.9 Å². The Morgan fingerprint density at radius 1 is 1.75 bits per heavy atom. The van der Waals surface area contributed by atoms with Gasteiger partial charge in [-0.2, -0.15) is 0 Å². The summed E-state index contributed by atoms with van der Waals surface area (Å²) >= 11 is 0. The summed E-state index contributed by atoms with van der Waals surface area (Å²) in [6.07, 6.45) is 2.35. The van der Waals surface area contributed by atoms with Gasteiger partial charge in [0.15, 0.2) is 0 Å². The van der Waals surface area contributed by atoms with Crippen LogP contribution in [-0.4, -0.2) is 23.0 Å². The maximum absolute atomic E-state index is 9.39. The minimum Gasteiger partial charge on any atom is -0.391 e. The quantitative estimate of drug-likeness (QED) is 0.647. The smallest absolute Gasteiger partial charge is 0.0899 e. The van der Waals surface area contributed by atoms with E-state index < -0.39 is 0 Å². The van der Waals surface area contributed by atoms with Crippen molar-refractivity contribution in [1.82, 2.24) is 5.32 Å².